The zero-order valence-corrected chi connectivity index (χ0v) is 13.5. The molecule has 0 aromatic rings. The Bertz CT molecular complexity index is 206. The van der Waals surface area contributed by atoms with Crippen LogP contribution < -0.4 is 0 Å². The van der Waals surface area contributed by atoms with Gasteiger partial charge in [-0.2, -0.15) is 0 Å². The quantitative estimate of drug-likeness (QED) is 0.308. The fourth-order valence-electron chi connectivity index (χ4n) is 1.96. The molecule has 112 valence electrons. The van der Waals surface area contributed by atoms with Crippen LogP contribution in [0.5, 0.6) is 0 Å². The van der Waals surface area contributed by atoms with Gasteiger partial charge in [-0.3, -0.25) is 0 Å². The van der Waals surface area contributed by atoms with Crippen LogP contribution in [0, 0.1) is 0 Å². The number of hydrogen-bond donors (Lipinski definition) is 0. The zero-order valence-electron chi connectivity index (χ0n) is 13.5. The molecule has 2 atom stereocenters. The summed E-state index contributed by atoms with van der Waals surface area (Å²) < 4.78 is 5.96. The molecule has 0 saturated heterocycles. The molecule has 0 spiro atoms. The zero-order chi connectivity index (χ0) is 14.3. The predicted molar refractivity (Wildman–Crippen MR) is 86.6 cm³/mol. The summed E-state index contributed by atoms with van der Waals surface area (Å²) in [5, 5.41) is 0. The van der Waals surface area contributed by atoms with Crippen molar-refractivity contribution >= 4 is 0 Å². The van der Waals surface area contributed by atoms with E-state index in [1.54, 1.807) is 0 Å². The largest absolute Gasteiger partial charge is 0.375 e. The number of ether oxygens (including phenoxy) is 1. The molecule has 0 aliphatic rings. The van der Waals surface area contributed by atoms with E-state index in [1.807, 2.05) is 0 Å². The first kappa shape index (κ1) is 18.4. The van der Waals surface area contributed by atoms with Crippen LogP contribution in [-0.4, -0.2) is 12.2 Å². The first-order valence-corrected chi connectivity index (χ1v) is 8.16. The van der Waals surface area contributed by atoms with Gasteiger partial charge in [0.1, 0.15) is 0 Å². The van der Waals surface area contributed by atoms with Gasteiger partial charge in [-0.15, -0.1) is 0 Å². The maximum Gasteiger partial charge on any atom is 0.0585 e. The average molecular weight is 266 g/mol. The Balaban J connectivity index is 3.59. The van der Waals surface area contributed by atoms with Gasteiger partial charge in [-0.05, 0) is 39.5 Å². The summed E-state index contributed by atoms with van der Waals surface area (Å²) in [6.45, 7) is 8.80. The number of allylic oxidation sites excluding steroid dienone is 2. The van der Waals surface area contributed by atoms with Crippen molar-refractivity contribution in [2.75, 3.05) is 0 Å². The normalized spacial score (nSPS) is 15.4. The van der Waals surface area contributed by atoms with Crippen LogP contribution in [0.3, 0.4) is 0 Å². The highest BCUT2D eigenvalue weighted by Gasteiger charge is 2.05. The molecule has 0 radical (unpaired) electrons. The monoisotopic (exact) mass is 266 g/mol. The maximum absolute atomic E-state index is 5.96. The van der Waals surface area contributed by atoms with Gasteiger partial charge in [0.05, 0.1) is 12.2 Å². The SMILES string of the molecule is CCCCC=CCC(C)OC(C)CC=CCCCC. The van der Waals surface area contributed by atoms with Crippen LogP contribution in [0.2, 0.25) is 0 Å². The molecule has 1 heteroatoms. The Morgan fingerprint density at radius 1 is 0.737 bits per heavy atom. The van der Waals surface area contributed by atoms with E-state index in [4.69, 9.17) is 4.74 Å². The Morgan fingerprint density at radius 3 is 1.53 bits per heavy atom. The minimum absolute atomic E-state index is 0.330. The standard InChI is InChI=1S/C18H34O/c1-5-7-9-11-13-15-17(3)19-18(4)16-14-12-10-8-6-2/h11-14,17-18H,5-10,15-16H2,1-4H3. The van der Waals surface area contributed by atoms with Crippen LogP contribution >= 0.6 is 0 Å². The van der Waals surface area contributed by atoms with Crippen LogP contribution in [0.1, 0.15) is 79.1 Å². The van der Waals surface area contributed by atoms with Gasteiger partial charge in [-0.1, -0.05) is 63.8 Å². The van der Waals surface area contributed by atoms with E-state index in [-0.39, 0.29) is 0 Å². The fourth-order valence-corrected chi connectivity index (χ4v) is 1.96. The molecular formula is C18H34O. The molecule has 0 aliphatic carbocycles. The van der Waals surface area contributed by atoms with E-state index < -0.39 is 0 Å². The molecule has 0 heterocycles. The van der Waals surface area contributed by atoms with Crippen molar-refractivity contribution in [3.05, 3.63) is 24.3 Å². The van der Waals surface area contributed by atoms with Crippen LogP contribution in [0.15, 0.2) is 24.3 Å². The molecular weight excluding hydrogens is 232 g/mol. The van der Waals surface area contributed by atoms with Crippen LogP contribution in [0.4, 0.5) is 0 Å². The maximum atomic E-state index is 5.96. The highest BCUT2D eigenvalue weighted by atomic mass is 16.5. The van der Waals surface area contributed by atoms with Crippen molar-refractivity contribution in [1.82, 2.24) is 0 Å². The molecule has 1 nitrogen and oxygen atoms in total. The van der Waals surface area contributed by atoms with Gasteiger partial charge < -0.3 is 4.74 Å². The van der Waals surface area contributed by atoms with Gasteiger partial charge in [-0.25, -0.2) is 0 Å². The van der Waals surface area contributed by atoms with Gasteiger partial charge in [0.15, 0.2) is 0 Å². The number of unbranched alkanes of at least 4 members (excludes halogenated alkanes) is 4. The molecule has 0 N–H and O–H groups in total. The fraction of sp³-hybridized carbons (Fsp3) is 0.778. The van der Waals surface area contributed by atoms with E-state index in [0.29, 0.717) is 12.2 Å². The first-order valence-electron chi connectivity index (χ1n) is 8.16. The summed E-state index contributed by atoms with van der Waals surface area (Å²) >= 11 is 0. The van der Waals surface area contributed by atoms with E-state index in [1.165, 1.54) is 38.5 Å². The summed E-state index contributed by atoms with van der Waals surface area (Å²) in [5.74, 6) is 0. The molecule has 0 rings (SSSR count). The number of rotatable bonds is 12. The summed E-state index contributed by atoms with van der Waals surface area (Å²) in [4.78, 5) is 0. The lowest BCUT2D eigenvalue weighted by molar-refractivity contribution is 0.0122. The topological polar surface area (TPSA) is 9.23 Å². The molecule has 0 bridgehead atoms. The lowest BCUT2D eigenvalue weighted by atomic mass is 10.2. The Labute approximate surface area is 121 Å². The van der Waals surface area contributed by atoms with E-state index in [9.17, 15) is 0 Å². The van der Waals surface area contributed by atoms with E-state index in [2.05, 4.69) is 52.0 Å². The van der Waals surface area contributed by atoms with Crippen LogP contribution in [-0.2, 0) is 4.74 Å². The van der Waals surface area contributed by atoms with Crippen molar-refractivity contribution in [2.24, 2.45) is 0 Å². The molecule has 0 saturated carbocycles. The van der Waals surface area contributed by atoms with Crippen LogP contribution in [0.25, 0.3) is 0 Å². The second-order valence-electron chi connectivity index (χ2n) is 5.46. The molecule has 0 amide bonds. The summed E-state index contributed by atoms with van der Waals surface area (Å²) in [6, 6.07) is 0. The summed E-state index contributed by atoms with van der Waals surface area (Å²) in [6.07, 6.45) is 19.4. The van der Waals surface area contributed by atoms with Gasteiger partial charge >= 0.3 is 0 Å². The molecule has 19 heavy (non-hydrogen) atoms. The highest BCUT2D eigenvalue weighted by molar-refractivity contribution is 4.85. The first-order chi connectivity index (χ1) is 9.20. The van der Waals surface area contributed by atoms with Crippen molar-refractivity contribution < 1.29 is 4.74 Å². The van der Waals surface area contributed by atoms with E-state index >= 15 is 0 Å². The number of hydrogen-bond acceptors (Lipinski definition) is 1. The van der Waals surface area contributed by atoms with Crippen molar-refractivity contribution in [1.29, 1.82) is 0 Å². The minimum Gasteiger partial charge on any atom is -0.375 e. The lowest BCUT2D eigenvalue weighted by Crippen LogP contribution is -2.15. The van der Waals surface area contributed by atoms with E-state index in [0.717, 1.165) is 12.8 Å². The third-order valence-electron chi connectivity index (χ3n) is 3.18. The van der Waals surface area contributed by atoms with Gasteiger partial charge in [0.25, 0.3) is 0 Å². The average Bonchev–Trinajstić information content (AvgIpc) is 2.38. The summed E-state index contributed by atoms with van der Waals surface area (Å²) in [7, 11) is 0. The molecule has 0 aromatic carbocycles. The second kappa shape index (κ2) is 13.9. The third kappa shape index (κ3) is 13.7. The van der Waals surface area contributed by atoms with Gasteiger partial charge in [0, 0.05) is 0 Å². The molecule has 0 fully saturated rings. The molecule has 2 unspecified atom stereocenters. The highest BCUT2D eigenvalue weighted by Crippen LogP contribution is 2.08. The van der Waals surface area contributed by atoms with Crippen molar-refractivity contribution in [3.8, 4) is 0 Å². The smallest absolute Gasteiger partial charge is 0.0585 e. The Kier molecular flexibility index (Phi) is 13.5. The minimum atomic E-state index is 0.330. The Morgan fingerprint density at radius 2 is 1.16 bits per heavy atom. The van der Waals surface area contributed by atoms with Crippen molar-refractivity contribution in [3.63, 3.8) is 0 Å². The Hall–Kier alpha value is -0.560. The third-order valence-corrected chi connectivity index (χ3v) is 3.18. The predicted octanol–water partition coefficient (Wildman–Crippen LogP) is 6.05. The van der Waals surface area contributed by atoms with Gasteiger partial charge in [0.2, 0.25) is 0 Å². The summed E-state index contributed by atoms with van der Waals surface area (Å²) in [5.41, 5.74) is 0. The second-order valence-corrected chi connectivity index (χ2v) is 5.46. The lowest BCUT2D eigenvalue weighted by Gasteiger charge is -2.16. The molecule has 0 aliphatic heterocycles. The molecule has 0 aromatic heterocycles. The van der Waals surface area contributed by atoms with Crippen molar-refractivity contribution in [2.45, 2.75) is 91.3 Å².